The minimum absolute atomic E-state index is 0.107. The van der Waals surface area contributed by atoms with Crippen LogP contribution in [0.15, 0.2) is 48.8 Å². The summed E-state index contributed by atoms with van der Waals surface area (Å²) in [5.74, 6) is 0.671. The number of carbonyl (C=O) groups is 1. The van der Waals surface area contributed by atoms with E-state index in [1.54, 1.807) is 48.8 Å². The first-order valence-electron chi connectivity index (χ1n) is 14.1. The lowest BCUT2D eigenvalue weighted by Gasteiger charge is -2.24. The van der Waals surface area contributed by atoms with Gasteiger partial charge in [0.15, 0.2) is 0 Å². The topological polar surface area (TPSA) is 114 Å². The molecule has 4 N–H and O–H groups in total. The van der Waals surface area contributed by atoms with E-state index in [4.69, 9.17) is 15.5 Å². The monoisotopic (exact) mass is 786 g/mol. The van der Waals surface area contributed by atoms with E-state index in [2.05, 4.69) is 53.9 Å². The number of likely N-dealkylation sites (N-methyl/N-ethyl adjacent to an activating group) is 2. The molecule has 2 aromatic carbocycles. The lowest BCUT2D eigenvalue weighted by atomic mass is 10.1. The Kier molecular flexibility index (Phi) is 16.1. The number of nitrogens with zero attached hydrogens (tertiary/aromatic N) is 5. The van der Waals surface area contributed by atoms with E-state index in [1.165, 1.54) is 17.8 Å². The molecule has 0 spiro atoms. The lowest BCUT2D eigenvalue weighted by molar-refractivity contribution is -0.118. The summed E-state index contributed by atoms with van der Waals surface area (Å²) in [5.41, 5.74) is 11.7. The largest absolute Gasteiger partial charge is 0.494 e. The average Bonchev–Trinajstić information content (AvgIpc) is 3.39. The number of nitrogens with one attached hydrogen (secondary N) is 2. The molecule has 4 rings (SSSR count). The number of nitrogen functional groups attached to an aromatic ring is 1. The second kappa shape index (κ2) is 19.4. The van der Waals surface area contributed by atoms with Gasteiger partial charge in [0.1, 0.15) is 11.4 Å². The van der Waals surface area contributed by atoms with E-state index in [0.717, 1.165) is 35.2 Å². The standard InChI is InChI=1S/C29H38N8O2.S8/c1-18(2)28(38)32-23-16-31-29(34-27(23)20-17-37(6)24-11-9-8-10-19(20)24)33-22-14-21(30)25(15-26(22)39-7)36(5)13-12-35(3)4;1-3-5-7-8-6-4-2/h8-11,14-18H,12-13,30H2,1-7H3,(H,32,38)(H,31,33,34);. The van der Waals surface area contributed by atoms with Crippen LogP contribution < -0.4 is 26.0 Å². The molecule has 0 saturated carbocycles. The molecule has 254 valence electrons. The molecule has 0 atom stereocenters. The number of ether oxygens (including phenoxy) is 1. The highest BCUT2D eigenvalue weighted by Gasteiger charge is 2.19. The lowest BCUT2D eigenvalue weighted by Crippen LogP contribution is -2.29. The molecule has 0 aliphatic carbocycles. The van der Waals surface area contributed by atoms with Gasteiger partial charge in [-0.2, -0.15) is 0 Å². The van der Waals surface area contributed by atoms with Gasteiger partial charge in [-0.1, -0.05) is 32.0 Å². The van der Waals surface area contributed by atoms with Gasteiger partial charge in [0, 0.05) is 137 Å². The molecule has 0 radical (unpaired) electrons. The fourth-order valence-electron chi connectivity index (χ4n) is 4.37. The fraction of sp³-hybridized carbons (Fsp3) is 0.345. The van der Waals surface area contributed by atoms with E-state index in [9.17, 15) is 4.79 Å². The number of aromatic nitrogens is 3. The van der Waals surface area contributed by atoms with Gasteiger partial charge in [-0.3, -0.25) is 4.79 Å². The summed E-state index contributed by atoms with van der Waals surface area (Å²) in [4.78, 5) is 26.2. The van der Waals surface area contributed by atoms with Crippen molar-refractivity contribution in [2.75, 3.05) is 62.6 Å². The number of benzene rings is 2. The molecule has 2 heterocycles. The zero-order valence-electron chi connectivity index (χ0n) is 27.0. The smallest absolute Gasteiger partial charge is 0.227 e. The van der Waals surface area contributed by atoms with Crippen LogP contribution in [0.4, 0.5) is 28.7 Å². The van der Waals surface area contributed by atoms with E-state index in [0.29, 0.717) is 34.5 Å². The van der Waals surface area contributed by atoms with Crippen LogP contribution in [0.25, 0.3) is 22.2 Å². The first-order chi connectivity index (χ1) is 22.5. The van der Waals surface area contributed by atoms with Gasteiger partial charge in [-0.25, -0.2) is 9.97 Å². The Hall–Kier alpha value is -2.55. The molecular weight excluding hydrogens is 749 g/mol. The Morgan fingerprint density at radius 3 is 2.34 bits per heavy atom. The van der Waals surface area contributed by atoms with Crippen molar-refractivity contribution in [1.82, 2.24) is 19.4 Å². The second-order valence-electron chi connectivity index (χ2n) is 10.6. The third-order valence-corrected chi connectivity index (χ3v) is 17.9. The Balaban J connectivity index is 0.000000665. The summed E-state index contributed by atoms with van der Waals surface area (Å²) in [5, 5.41) is 7.29. The number of fused-ring (bicyclic) bond motifs is 1. The zero-order chi connectivity index (χ0) is 34.5. The van der Waals surface area contributed by atoms with E-state index < -0.39 is 0 Å². The van der Waals surface area contributed by atoms with Crippen LogP contribution in [-0.2, 0) is 87.5 Å². The first kappa shape index (κ1) is 38.9. The molecule has 4 aromatic rings. The zero-order valence-corrected chi connectivity index (χ0v) is 33.5. The minimum Gasteiger partial charge on any atom is -0.494 e. The predicted octanol–water partition coefficient (Wildman–Crippen LogP) is 4.54. The van der Waals surface area contributed by atoms with Crippen LogP contribution in [0.3, 0.4) is 0 Å². The van der Waals surface area contributed by atoms with Crippen molar-refractivity contribution in [2.45, 2.75) is 13.8 Å². The Labute approximate surface area is 303 Å². The van der Waals surface area contributed by atoms with Gasteiger partial charge in [-0.05, 0) is 26.2 Å². The predicted molar refractivity (Wildman–Crippen MR) is 219 cm³/mol. The van der Waals surface area contributed by atoms with Crippen LogP contribution in [0.1, 0.15) is 13.8 Å². The molecule has 0 unspecified atom stereocenters. The summed E-state index contributed by atoms with van der Waals surface area (Å²) in [6, 6.07) is 11.8. The SMILES string of the molecule is COc1cc(N(C)CCN(C)C)c(N)cc1Nc1ncc(NC(=O)C(C)C)c(-c2cn(C)c3ccccc23)n1.S=S=S=S=S=S=S=S. The van der Waals surface area contributed by atoms with Crippen LogP contribution >= 0.6 is 0 Å². The maximum atomic E-state index is 12.6. The molecule has 10 nitrogen and oxygen atoms in total. The number of para-hydroxylation sites is 1. The second-order valence-corrected chi connectivity index (χ2v) is 21.3. The summed E-state index contributed by atoms with van der Waals surface area (Å²) in [6.45, 7) is 5.40. The number of amides is 1. The third kappa shape index (κ3) is 11.3. The van der Waals surface area contributed by atoms with Crippen molar-refractivity contribution in [2.24, 2.45) is 13.0 Å². The maximum absolute atomic E-state index is 12.6. The number of hydrogen-bond donors (Lipinski definition) is 3. The average molecular weight is 787 g/mol. The van der Waals surface area contributed by atoms with Gasteiger partial charge in [-0.15, -0.1) is 0 Å². The molecule has 0 aliphatic heterocycles. The highest BCUT2D eigenvalue weighted by Crippen LogP contribution is 2.38. The number of aryl methyl sites for hydroxylation is 1. The summed E-state index contributed by atoms with van der Waals surface area (Å²) in [6.07, 6.45) is 3.64. The Morgan fingerprint density at radius 2 is 1.72 bits per heavy atom. The van der Waals surface area contributed by atoms with Gasteiger partial charge in [0.05, 0.1) is 36.1 Å². The normalized spacial score (nSPS) is 10.5. The van der Waals surface area contributed by atoms with Gasteiger partial charge < -0.3 is 35.5 Å². The van der Waals surface area contributed by atoms with Crippen LogP contribution in [0, 0.1) is 5.92 Å². The van der Waals surface area contributed by atoms with E-state index in [1.807, 2.05) is 83.1 Å². The van der Waals surface area contributed by atoms with Crippen LogP contribution in [0.5, 0.6) is 5.75 Å². The molecule has 1 amide bonds. The highest BCUT2D eigenvalue weighted by molar-refractivity contribution is 8.70. The van der Waals surface area contributed by atoms with Gasteiger partial charge in [0.25, 0.3) is 0 Å². The highest BCUT2D eigenvalue weighted by atomic mass is 33.4. The van der Waals surface area contributed by atoms with Crippen molar-refractivity contribution in [3.63, 3.8) is 0 Å². The first-order valence-corrected chi connectivity index (χ1v) is 23.4. The van der Waals surface area contributed by atoms with Crippen molar-refractivity contribution in [1.29, 1.82) is 0 Å². The van der Waals surface area contributed by atoms with Crippen molar-refractivity contribution in [3.8, 4) is 17.0 Å². The van der Waals surface area contributed by atoms with E-state index >= 15 is 0 Å². The molecular formula is C29H38N8O2S8. The van der Waals surface area contributed by atoms with Crippen LogP contribution in [0.2, 0.25) is 0 Å². The molecule has 0 aliphatic rings. The number of carbonyl (C=O) groups excluding carboxylic acids is 1. The molecule has 18 heteroatoms. The number of rotatable bonds is 10. The van der Waals surface area contributed by atoms with E-state index in [-0.39, 0.29) is 11.8 Å². The minimum atomic E-state index is -0.190. The fourth-order valence-corrected chi connectivity index (χ4v) is 15.3. The summed E-state index contributed by atoms with van der Waals surface area (Å²) >= 11 is 9.21. The molecule has 47 heavy (non-hydrogen) atoms. The Bertz CT molecular complexity index is 1950. The van der Waals surface area contributed by atoms with Gasteiger partial charge >= 0.3 is 0 Å². The van der Waals surface area contributed by atoms with Crippen molar-refractivity contribution in [3.05, 3.63) is 48.8 Å². The molecule has 2 aromatic heterocycles. The number of methoxy groups -OCH3 is 1. The Morgan fingerprint density at radius 1 is 1.04 bits per heavy atom. The summed E-state index contributed by atoms with van der Waals surface area (Å²) in [7, 11) is 18.8. The van der Waals surface area contributed by atoms with Gasteiger partial charge in [0.2, 0.25) is 11.9 Å². The molecule has 0 bridgehead atoms. The van der Waals surface area contributed by atoms with Crippen molar-refractivity contribution < 1.29 is 9.53 Å². The number of nitrogens with two attached hydrogens (primary N) is 1. The maximum Gasteiger partial charge on any atom is 0.227 e. The summed E-state index contributed by atoms with van der Waals surface area (Å²) < 4.78 is 7.74. The molecule has 0 saturated heterocycles. The third-order valence-electron chi connectivity index (χ3n) is 6.75. The quantitative estimate of drug-likeness (QED) is 0.198. The number of anilines is 5. The van der Waals surface area contributed by atoms with Crippen molar-refractivity contribution >= 4 is 121 Å². The number of hydrogen-bond acceptors (Lipinski definition) is 10. The van der Waals surface area contributed by atoms with Crippen LogP contribution in [-0.4, -0.2) is 66.7 Å². The molecule has 0 fully saturated rings.